The minimum atomic E-state index is 0.339. The van der Waals surface area contributed by atoms with Crippen molar-refractivity contribution in [1.29, 1.82) is 0 Å². The van der Waals surface area contributed by atoms with Gasteiger partial charge in [-0.2, -0.15) is 0 Å². The highest BCUT2D eigenvalue weighted by atomic mass is 15.4. The van der Waals surface area contributed by atoms with Crippen molar-refractivity contribution in [2.24, 2.45) is 11.7 Å². The lowest BCUT2D eigenvalue weighted by Crippen LogP contribution is -2.01. The van der Waals surface area contributed by atoms with Gasteiger partial charge in [-0.05, 0) is 25.2 Å². The van der Waals surface area contributed by atoms with Crippen molar-refractivity contribution < 1.29 is 0 Å². The molecule has 70 valence electrons. The van der Waals surface area contributed by atoms with Gasteiger partial charge < -0.3 is 5.73 Å². The SMILES string of the molecule is NC1CC1c1cn(CC2CC2)nn1. The van der Waals surface area contributed by atoms with E-state index in [-0.39, 0.29) is 0 Å². The Hall–Kier alpha value is -0.900. The molecular weight excluding hydrogens is 164 g/mol. The van der Waals surface area contributed by atoms with Crippen LogP contribution in [0, 0.1) is 5.92 Å². The summed E-state index contributed by atoms with van der Waals surface area (Å²) in [5.41, 5.74) is 6.84. The summed E-state index contributed by atoms with van der Waals surface area (Å²) in [6.07, 6.45) is 5.87. The Morgan fingerprint density at radius 1 is 1.54 bits per heavy atom. The van der Waals surface area contributed by atoms with Crippen LogP contribution < -0.4 is 5.73 Å². The lowest BCUT2D eigenvalue weighted by Gasteiger charge is -1.94. The first-order chi connectivity index (χ1) is 6.33. The van der Waals surface area contributed by atoms with Crippen molar-refractivity contribution in [3.05, 3.63) is 11.9 Å². The maximum atomic E-state index is 5.74. The summed E-state index contributed by atoms with van der Waals surface area (Å²) >= 11 is 0. The van der Waals surface area contributed by atoms with E-state index in [2.05, 4.69) is 16.5 Å². The minimum Gasteiger partial charge on any atom is -0.327 e. The van der Waals surface area contributed by atoms with Crippen molar-refractivity contribution in [2.75, 3.05) is 0 Å². The van der Waals surface area contributed by atoms with E-state index in [1.807, 2.05) is 4.68 Å². The molecule has 2 aliphatic carbocycles. The fourth-order valence-corrected chi connectivity index (χ4v) is 1.69. The zero-order chi connectivity index (χ0) is 8.84. The van der Waals surface area contributed by atoms with Crippen LogP contribution in [0.2, 0.25) is 0 Å². The molecule has 0 bridgehead atoms. The van der Waals surface area contributed by atoms with Gasteiger partial charge in [0.1, 0.15) is 0 Å². The predicted molar refractivity (Wildman–Crippen MR) is 48.1 cm³/mol. The quantitative estimate of drug-likeness (QED) is 0.733. The molecular formula is C9H14N4. The third kappa shape index (κ3) is 1.46. The molecule has 1 heterocycles. The summed E-state index contributed by atoms with van der Waals surface area (Å²) in [5, 5.41) is 8.25. The Kier molecular flexibility index (Phi) is 1.47. The molecule has 0 amide bonds. The highest BCUT2D eigenvalue weighted by molar-refractivity contribution is 5.16. The fourth-order valence-electron chi connectivity index (χ4n) is 1.69. The van der Waals surface area contributed by atoms with Crippen LogP contribution in [0.4, 0.5) is 0 Å². The first-order valence-corrected chi connectivity index (χ1v) is 4.98. The van der Waals surface area contributed by atoms with E-state index < -0.39 is 0 Å². The van der Waals surface area contributed by atoms with Crippen LogP contribution in [0.1, 0.15) is 30.9 Å². The number of aromatic nitrogens is 3. The molecule has 0 spiro atoms. The molecule has 13 heavy (non-hydrogen) atoms. The van der Waals surface area contributed by atoms with Crippen LogP contribution in [0.15, 0.2) is 6.20 Å². The lowest BCUT2D eigenvalue weighted by atomic mass is 10.3. The normalized spacial score (nSPS) is 32.1. The van der Waals surface area contributed by atoms with Crippen molar-refractivity contribution in [1.82, 2.24) is 15.0 Å². The minimum absolute atomic E-state index is 0.339. The summed E-state index contributed by atoms with van der Waals surface area (Å²) in [4.78, 5) is 0. The standard InChI is InChI=1S/C9H14N4/c10-8-3-7(8)9-5-13(12-11-9)4-6-1-2-6/h5-8H,1-4,10H2. The van der Waals surface area contributed by atoms with Crippen LogP contribution in [-0.2, 0) is 6.54 Å². The Labute approximate surface area is 77.1 Å². The van der Waals surface area contributed by atoms with E-state index in [4.69, 9.17) is 5.73 Å². The monoisotopic (exact) mass is 178 g/mol. The van der Waals surface area contributed by atoms with Gasteiger partial charge in [-0.1, -0.05) is 5.21 Å². The smallest absolute Gasteiger partial charge is 0.0874 e. The molecule has 4 nitrogen and oxygen atoms in total. The molecule has 2 N–H and O–H groups in total. The molecule has 3 rings (SSSR count). The number of nitrogens with zero attached hydrogens (tertiary/aromatic N) is 3. The zero-order valence-corrected chi connectivity index (χ0v) is 7.56. The second-order valence-corrected chi connectivity index (χ2v) is 4.31. The highest BCUT2D eigenvalue weighted by Crippen LogP contribution is 2.37. The average molecular weight is 178 g/mol. The lowest BCUT2D eigenvalue weighted by molar-refractivity contribution is 0.544. The Bertz CT molecular complexity index is 315. The summed E-state index contributed by atoms with van der Waals surface area (Å²) in [7, 11) is 0. The van der Waals surface area contributed by atoms with Gasteiger partial charge in [0, 0.05) is 24.7 Å². The van der Waals surface area contributed by atoms with Gasteiger partial charge in [0.2, 0.25) is 0 Å². The molecule has 2 fully saturated rings. The Balaban J connectivity index is 1.70. The zero-order valence-electron chi connectivity index (χ0n) is 7.56. The molecule has 0 aliphatic heterocycles. The molecule has 1 aromatic heterocycles. The first kappa shape index (κ1) is 7.50. The van der Waals surface area contributed by atoms with Crippen molar-refractivity contribution in [3.63, 3.8) is 0 Å². The summed E-state index contributed by atoms with van der Waals surface area (Å²) in [5.74, 6) is 1.36. The van der Waals surface area contributed by atoms with Gasteiger partial charge in [-0.3, -0.25) is 4.68 Å². The van der Waals surface area contributed by atoms with Gasteiger partial charge in [0.05, 0.1) is 5.69 Å². The van der Waals surface area contributed by atoms with E-state index in [1.165, 1.54) is 12.8 Å². The fraction of sp³-hybridized carbons (Fsp3) is 0.778. The predicted octanol–water partition coefficient (Wildman–Crippen LogP) is 0.503. The van der Waals surface area contributed by atoms with Crippen LogP contribution in [-0.4, -0.2) is 21.0 Å². The molecule has 1 aromatic rings. The molecule has 2 unspecified atom stereocenters. The molecule has 2 atom stereocenters. The Morgan fingerprint density at radius 3 is 2.92 bits per heavy atom. The molecule has 0 saturated heterocycles. The van der Waals surface area contributed by atoms with Gasteiger partial charge in [-0.15, -0.1) is 5.10 Å². The van der Waals surface area contributed by atoms with Gasteiger partial charge >= 0.3 is 0 Å². The van der Waals surface area contributed by atoms with Gasteiger partial charge in [0.15, 0.2) is 0 Å². The summed E-state index contributed by atoms with van der Waals surface area (Å²) in [6.45, 7) is 1.05. The van der Waals surface area contributed by atoms with E-state index in [0.29, 0.717) is 12.0 Å². The second kappa shape index (κ2) is 2.54. The van der Waals surface area contributed by atoms with Gasteiger partial charge in [0.25, 0.3) is 0 Å². The van der Waals surface area contributed by atoms with Crippen molar-refractivity contribution in [3.8, 4) is 0 Å². The van der Waals surface area contributed by atoms with Gasteiger partial charge in [-0.25, -0.2) is 0 Å². The average Bonchev–Trinajstić information content (AvgIpc) is 2.97. The number of rotatable bonds is 3. The maximum absolute atomic E-state index is 5.74. The van der Waals surface area contributed by atoms with E-state index >= 15 is 0 Å². The number of hydrogen-bond acceptors (Lipinski definition) is 3. The second-order valence-electron chi connectivity index (χ2n) is 4.31. The van der Waals surface area contributed by atoms with E-state index in [9.17, 15) is 0 Å². The first-order valence-electron chi connectivity index (χ1n) is 4.98. The molecule has 0 aromatic carbocycles. The van der Waals surface area contributed by atoms with Crippen molar-refractivity contribution in [2.45, 2.75) is 37.8 Å². The van der Waals surface area contributed by atoms with E-state index in [0.717, 1.165) is 24.6 Å². The van der Waals surface area contributed by atoms with Crippen LogP contribution in [0.5, 0.6) is 0 Å². The summed E-state index contributed by atoms with van der Waals surface area (Å²) in [6, 6.07) is 0.339. The van der Waals surface area contributed by atoms with Crippen LogP contribution in [0.3, 0.4) is 0 Å². The number of hydrogen-bond donors (Lipinski definition) is 1. The summed E-state index contributed by atoms with van der Waals surface area (Å²) < 4.78 is 1.97. The maximum Gasteiger partial charge on any atom is 0.0874 e. The van der Waals surface area contributed by atoms with Crippen LogP contribution >= 0.6 is 0 Å². The molecule has 4 heteroatoms. The van der Waals surface area contributed by atoms with Crippen LogP contribution in [0.25, 0.3) is 0 Å². The van der Waals surface area contributed by atoms with Crippen molar-refractivity contribution >= 4 is 0 Å². The third-order valence-electron chi connectivity index (χ3n) is 2.92. The molecule has 0 radical (unpaired) electrons. The number of nitrogens with two attached hydrogens (primary N) is 1. The highest BCUT2D eigenvalue weighted by Gasteiger charge is 2.37. The molecule has 2 saturated carbocycles. The Morgan fingerprint density at radius 2 is 2.31 bits per heavy atom. The van der Waals surface area contributed by atoms with E-state index in [1.54, 1.807) is 0 Å². The third-order valence-corrected chi connectivity index (χ3v) is 2.92. The largest absolute Gasteiger partial charge is 0.327 e. The topological polar surface area (TPSA) is 56.7 Å². The molecule has 2 aliphatic rings.